The Hall–Kier alpha value is -3.96. The molecule has 184 valence electrons. The van der Waals surface area contributed by atoms with E-state index in [1.54, 1.807) is 37.3 Å². The number of hydrogen-bond donors (Lipinski definition) is 2. The number of ether oxygens (including phenoxy) is 1. The van der Waals surface area contributed by atoms with E-state index in [0.29, 0.717) is 41.2 Å². The van der Waals surface area contributed by atoms with E-state index in [4.69, 9.17) is 9.15 Å². The van der Waals surface area contributed by atoms with Crippen molar-refractivity contribution in [1.29, 1.82) is 0 Å². The first kappa shape index (κ1) is 24.2. The maximum absolute atomic E-state index is 13.3. The van der Waals surface area contributed by atoms with Crippen LogP contribution in [0.5, 0.6) is 5.75 Å². The molecule has 2 N–H and O–H groups in total. The van der Waals surface area contributed by atoms with E-state index in [2.05, 4.69) is 20.6 Å². The third-order valence-electron chi connectivity index (χ3n) is 4.83. The summed E-state index contributed by atoms with van der Waals surface area (Å²) in [5.41, 5.74) is -2.94. The minimum Gasteiger partial charge on any atom is -0.494 e. The predicted octanol–water partition coefficient (Wildman–Crippen LogP) is 7.01. The summed E-state index contributed by atoms with van der Waals surface area (Å²) in [5, 5.41) is 5.87. The van der Waals surface area contributed by atoms with Crippen LogP contribution in [0.15, 0.2) is 59.2 Å². The zero-order valence-electron chi connectivity index (χ0n) is 18.1. The van der Waals surface area contributed by atoms with E-state index < -0.39 is 29.2 Å². The molecule has 12 heteroatoms. The van der Waals surface area contributed by atoms with Crippen LogP contribution in [0.1, 0.15) is 23.8 Å². The molecule has 0 unspecified atom stereocenters. The first-order chi connectivity index (χ1) is 16.5. The van der Waals surface area contributed by atoms with Gasteiger partial charge in [0.15, 0.2) is 0 Å². The van der Waals surface area contributed by atoms with E-state index in [-0.39, 0.29) is 24.4 Å². The van der Waals surface area contributed by atoms with Crippen molar-refractivity contribution >= 4 is 28.4 Å². The zero-order valence-corrected chi connectivity index (χ0v) is 18.1. The SMILES string of the molecule is CCOc1ccc2nc(NCc3ccco3)nc(Nc3cc(C(F)(F)F)cc(C(F)(F)F)c3)c2c1. The zero-order chi connectivity index (χ0) is 25.2. The van der Waals surface area contributed by atoms with E-state index in [0.717, 1.165) is 0 Å². The van der Waals surface area contributed by atoms with Crippen molar-refractivity contribution in [2.45, 2.75) is 25.8 Å². The molecule has 0 amide bonds. The molecule has 6 nitrogen and oxygen atoms in total. The van der Waals surface area contributed by atoms with Gasteiger partial charge in [-0.25, -0.2) is 4.98 Å². The minimum absolute atomic E-state index is 0.00838. The van der Waals surface area contributed by atoms with Crippen molar-refractivity contribution in [3.8, 4) is 5.75 Å². The Morgan fingerprint density at radius 3 is 2.23 bits per heavy atom. The third-order valence-corrected chi connectivity index (χ3v) is 4.83. The van der Waals surface area contributed by atoms with Crippen LogP contribution < -0.4 is 15.4 Å². The van der Waals surface area contributed by atoms with Crippen molar-refractivity contribution in [2.75, 3.05) is 17.2 Å². The molecule has 0 spiro atoms. The van der Waals surface area contributed by atoms with Gasteiger partial charge in [0.1, 0.15) is 17.3 Å². The fourth-order valence-corrected chi connectivity index (χ4v) is 3.28. The fourth-order valence-electron chi connectivity index (χ4n) is 3.28. The number of nitrogens with one attached hydrogen (secondary N) is 2. The summed E-state index contributed by atoms with van der Waals surface area (Å²) in [6, 6.07) is 9.44. The summed E-state index contributed by atoms with van der Waals surface area (Å²) < 4.78 is 90.6. The molecule has 0 fully saturated rings. The summed E-state index contributed by atoms with van der Waals surface area (Å²) >= 11 is 0. The maximum atomic E-state index is 13.3. The molecule has 0 aliphatic rings. The number of hydrogen-bond acceptors (Lipinski definition) is 6. The Balaban J connectivity index is 1.79. The van der Waals surface area contributed by atoms with Crippen molar-refractivity contribution in [3.05, 3.63) is 71.7 Å². The Bertz CT molecular complexity index is 1290. The summed E-state index contributed by atoms with van der Waals surface area (Å²) in [7, 11) is 0. The average molecular weight is 496 g/mol. The highest BCUT2D eigenvalue weighted by Gasteiger charge is 2.37. The lowest BCUT2D eigenvalue weighted by Crippen LogP contribution is -2.12. The van der Waals surface area contributed by atoms with Gasteiger partial charge < -0.3 is 19.8 Å². The number of benzene rings is 2. The van der Waals surface area contributed by atoms with Gasteiger partial charge in [0.25, 0.3) is 0 Å². The van der Waals surface area contributed by atoms with E-state index >= 15 is 0 Å². The van der Waals surface area contributed by atoms with Crippen molar-refractivity contribution in [3.63, 3.8) is 0 Å². The summed E-state index contributed by atoms with van der Waals surface area (Å²) in [6.45, 7) is 2.32. The number of aromatic nitrogens is 2. The first-order valence-electron chi connectivity index (χ1n) is 10.3. The van der Waals surface area contributed by atoms with Gasteiger partial charge in [-0.2, -0.15) is 31.3 Å². The van der Waals surface area contributed by atoms with Crippen molar-refractivity contribution in [2.24, 2.45) is 0 Å². The van der Waals surface area contributed by atoms with Crippen molar-refractivity contribution < 1.29 is 35.5 Å². The van der Waals surface area contributed by atoms with Gasteiger partial charge in [0.05, 0.1) is 36.1 Å². The molecule has 0 aliphatic heterocycles. The molecule has 4 rings (SSSR count). The number of furan rings is 1. The highest BCUT2D eigenvalue weighted by molar-refractivity contribution is 5.92. The van der Waals surface area contributed by atoms with Crippen LogP contribution in [0.25, 0.3) is 10.9 Å². The number of alkyl halides is 6. The number of halogens is 6. The summed E-state index contributed by atoms with van der Waals surface area (Å²) in [4.78, 5) is 8.66. The van der Waals surface area contributed by atoms with Crippen LogP contribution in [0.4, 0.5) is 43.8 Å². The first-order valence-corrected chi connectivity index (χ1v) is 10.3. The van der Waals surface area contributed by atoms with Crippen LogP contribution in [-0.4, -0.2) is 16.6 Å². The van der Waals surface area contributed by atoms with E-state index in [1.165, 1.54) is 6.26 Å². The summed E-state index contributed by atoms with van der Waals surface area (Å²) in [5.74, 6) is 1.08. The summed E-state index contributed by atoms with van der Waals surface area (Å²) in [6.07, 6.45) is -8.49. The topological polar surface area (TPSA) is 72.2 Å². The maximum Gasteiger partial charge on any atom is 0.416 e. The quantitative estimate of drug-likeness (QED) is 0.268. The van der Waals surface area contributed by atoms with Gasteiger partial charge in [-0.3, -0.25) is 0 Å². The Morgan fingerprint density at radius 1 is 0.914 bits per heavy atom. The highest BCUT2D eigenvalue weighted by Crippen LogP contribution is 2.39. The van der Waals surface area contributed by atoms with Crippen LogP contribution in [0, 0.1) is 0 Å². The van der Waals surface area contributed by atoms with Gasteiger partial charge in [0, 0.05) is 11.1 Å². The second kappa shape index (κ2) is 9.35. The molecule has 0 aliphatic carbocycles. The molecule has 4 aromatic rings. The molecule has 35 heavy (non-hydrogen) atoms. The molecule has 0 saturated heterocycles. The molecule has 0 radical (unpaired) electrons. The van der Waals surface area contributed by atoms with Gasteiger partial charge in [-0.1, -0.05) is 0 Å². The highest BCUT2D eigenvalue weighted by atomic mass is 19.4. The lowest BCUT2D eigenvalue weighted by molar-refractivity contribution is -0.143. The second-order valence-electron chi connectivity index (χ2n) is 7.36. The third kappa shape index (κ3) is 5.76. The fraction of sp³-hybridized carbons (Fsp3) is 0.217. The minimum atomic E-state index is -4.98. The molecule has 2 aromatic heterocycles. The lowest BCUT2D eigenvalue weighted by atomic mass is 10.1. The average Bonchev–Trinajstić information content (AvgIpc) is 3.30. The van der Waals surface area contributed by atoms with Crippen LogP contribution in [0.2, 0.25) is 0 Å². The largest absolute Gasteiger partial charge is 0.494 e. The lowest BCUT2D eigenvalue weighted by Gasteiger charge is -2.16. The van der Waals surface area contributed by atoms with Gasteiger partial charge in [0.2, 0.25) is 5.95 Å². The van der Waals surface area contributed by atoms with Crippen LogP contribution in [-0.2, 0) is 18.9 Å². The predicted molar refractivity (Wildman–Crippen MR) is 116 cm³/mol. The molecular weight excluding hydrogens is 478 g/mol. The molecule has 0 atom stereocenters. The van der Waals surface area contributed by atoms with E-state index in [1.807, 2.05) is 0 Å². The molecule has 0 saturated carbocycles. The number of fused-ring (bicyclic) bond motifs is 1. The smallest absolute Gasteiger partial charge is 0.416 e. The Kier molecular flexibility index (Phi) is 6.46. The Labute approximate surface area is 194 Å². The van der Waals surface area contributed by atoms with Gasteiger partial charge in [-0.05, 0) is 55.5 Å². The molecule has 2 heterocycles. The van der Waals surface area contributed by atoms with Gasteiger partial charge >= 0.3 is 12.4 Å². The Morgan fingerprint density at radius 2 is 1.63 bits per heavy atom. The standard InChI is InChI=1S/C23H18F6N4O2/c1-2-34-16-5-6-19-18(11-16)20(33-21(32-19)30-12-17-4-3-7-35-17)31-15-9-13(22(24,25)26)8-14(10-15)23(27,28)29/h3-11H,2,12H2,1H3,(H2,30,31,32,33). The normalized spacial score (nSPS) is 12.1. The van der Waals surface area contributed by atoms with E-state index in [9.17, 15) is 26.3 Å². The van der Waals surface area contributed by atoms with Crippen molar-refractivity contribution in [1.82, 2.24) is 9.97 Å². The molecular formula is C23H18F6N4O2. The monoisotopic (exact) mass is 496 g/mol. The molecule has 0 bridgehead atoms. The number of rotatable bonds is 7. The van der Waals surface area contributed by atoms with Crippen LogP contribution >= 0.6 is 0 Å². The second-order valence-corrected chi connectivity index (χ2v) is 7.36. The van der Waals surface area contributed by atoms with Crippen LogP contribution in [0.3, 0.4) is 0 Å². The van der Waals surface area contributed by atoms with Gasteiger partial charge in [-0.15, -0.1) is 0 Å². The molecule has 2 aromatic carbocycles. The number of nitrogens with zero attached hydrogens (tertiary/aromatic N) is 2. The number of anilines is 3.